The number of hydrogen-bond acceptors (Lipinski definition) is 4. The second-order valence-corrected chi connectivity index (χ2v) is 8.78. The molecule has 2 aromatic carbocycles. The van der Waals surface area contributed by atoms with Gasteiger partial charge in [-0.1, -0.05) is 30.3 Å². The average Bonchev–Trinajstić information content (AvgIpc) is 2.86. The van der Waals surface area contributed by atoms with Crippen LogP contribution >= 0.6 is 24.8 Å². The zero-order chi connectivity index (χ0) is 23.8. The van der Waals surface area contributed by atoms with Crippen LogP contribution in [0.2, 0.25) is 0 Å². The van der Waals surface area contributed by atoms with Gasteiger partial charge in [0, 0.05) is 36.9 Å². The maximum atomic E-state index is 11.8. The van der Waals surface area contributed by atoms with Crippen LogP contribution in [0, 0.1) is 6.92 Å². The molecule has 2 aromatic heterocycles. The van der Waals surface area contributed by atoms with Gasteiger partial charge in [0.2, 0.25) is 0 Å². The Hall–Kier alpha value is -2.86. The largest absolute Gasteiger partial charge is 0.494 e. The van der Waals surface area contributed by atoms with Crippen molar-refractivity contribution < 1.29 is 4.74 Å². The fourth-order valence-electron chi connectivity index (χ4n) is 4.27. The monoisotopic (exact) mass is 527 g/mol. The Labute approximate surface area is 225 Å². The van der Waals surface area contributed by atoms with Crippen molar-refractivity contribution in [2.75, 3.05) is 13.2 Å². The molecule has 1 N–H and O–H groups in total. The third kappa shape index (κ3) is 7.82. The molecule has 7 heteroatoms. The summed E-state index contributed by atoms with van der Waals surface area (Å²) in [6, 6.07) is 22.3. The second-order valence-electron chi connectivity index (χ2n) is 8.78. The van der Waals surface area contributed by atoms with Gasteiger partial charge in [-0.2, -0.15) is 0 Å². The third-order valence-electron chi connectivity index (χ3n) is 6.35. The van der Waals surface area contributed by atoms with Crippen LogP contribution < -0.4 is 15.6 Å². The maximum Gasteiger partial charge on any atom is 0.250 e. The van der Waals surface area contributed by atoms with Gasteiger partial charge in [0.05, 0.1) is 12.1 Å². The number of nitrogens with one attached hydrogen (secondary N) is 1. The van der Waals surface area contributed by atoms with E-state index in [0.29, 0.717) is 6.61 Å². The summed E-state index contributed by atoms with van der Waals surface area (Å²) >= 11 is 0. The molecule has 4 aromatic rings. The zero-order valence-corrected chi connectivity index (χ0v) is 22.5. The van der Waals surface area contributed by atoms with E-state index in [1.165, 1.54) is 16.7 Å². The van der Waals surface area contributed by atoms with Crippen molar-refractivity contribution in [1.82, 2.24) is 14.9 Å². The molecule has 0 fully saturated rings. The number of nitrogens with zero attached hydrogens (tertiary/aromatic N) is 2. The standard InChI is InChI=1S/C29H33N3O2.2ClH/c1-22-9-4-5-10-23(22)20-27(25-11-8-16-30-21-25)31-17-6-3-7-18-34-26-13-14-28-24(19-26)12-15-29(33)32(28)2;;/h4-5,8-16,19,21,27,31H,3,6-7,17-18,20H2,1-2H3;2*1H. The second kappa shape index (κ2) is 14.6. The molecule has 0 bridgehead atoms. The number of aryl methyl sites for hydroxylation is 2. The highest BCUT2D eigenvalue weighted by Gasteiger charge is 2.13. The van der Waals surface area contributed by atoms with Gasteiger partial charge in [-0.3, -0.25) is 9.78 Å². The Balaban J connectivity index is 0.00000228. The van der Waals surface area contributed by atoms with E-state index in [1.807, 2.05) is 42.7 Å². The van der Waals surface area contributed by atoms with Gasteiger partial charge >= 0.3 is 0 Å². The zero-order valence-electron chi connectivity index (χ0n) is 20.9. The Kier molecular flexibility index (Phi) is 11.9. The number of unbranched alkanes of at least 4 members (excludes halogenated alkanes) is 2. The number of pyridine rings is 2. The molecule has 0 aliphatic rings. The van der Waals surface area contributed by atoms with Crippen LogP contribution in [-0.4, -0.2) is 22.7 Å². The topological polar surface area (TPSA) is 56.1 Å². The van der Waals surface area contributed by atoms with Crippen LogP contribution in [0.25, 0.3) is 10.9 Å². The summed E-state index contributed by atoms with van der Waals surface area (Å²) in [7, 11) is 1.79. The summed E-state index contributed by atoms with van der Waals surface area (Å²) in [5.41, 5.74) is 4.83. The minimum absolute atomic E-state index is 0. The lowest BCUT2D eigenvalue weighted by Crippen LogP contribution is -2.25. The van der Waals surface area contributed by atoms with Crippen molar-refractivity contribution in [2.24, 2.45) is 7.05 Å². The first-order chi connectivity index (χ1) is 16.6. The molecule has 1 unspecified atom stereocenters. The number of fused-ring (bicyclic) bond motifs is 1. The Morgan fingerprint density at radius 2 is 1.81 bits per heavy atom. The summed E-state index contributed by atoms with van der Waals surface area (Å²) < 4.78 is 7.61. The molecule has 1 atom stereocenters. The van der Waals surface area contributed by atoms with E-state index in [-0.39, 0.29) is 36.4 Å². The quantitative estimate of drug-likeness (QED) is 0.235. The number of rotatable bonds is 11. The molecule has 0 amide bonds. The first-order valence-electron chi connectivity index (χ1n) is 12.0. The smallest absolute Gasteiger partial charge is 0.250 e. The van der Waals surface area contributed by atoms with Crippen LogP contribution in [-0.2, 0) is 13.5 Å². The maximum absolute atomic E-state index is 11.8. The molecule has 192 valence electrons. The van der Waals surface area contributed by atoms with Gasteiger partial charge in [-0.15, -0.1) is 24.8 Å². The summed E-state index contributed by atoms with van der Waals surface area (Å²) in [6.07, 6.45) is 7.93. The molecule has 0 aliphatic heterocycles. The van der Waals surface area contributed by atoms with Crippen molar-refractivity contribution in [1.29, 1.82) is 0 Å². The minimum Gasteiger partial charge on any atom is -0.494 e. The van der Waals surface area contributed by atoms with Gasteiger partial charge in [0.25, 0.3) is 5.56 Å². The Morgan fingerprint density at radius 3 is 2.58 bits per heavy atom. The molecule has 0 spiro atoms. The highest BCUT2D eigenvalue weighted by atomic mass is 35.5. The van der Waals surface area contributed by atoms with Gasteiger partial charge in [0.1, 0.15) is 5.75 Å². The van der Waals surface area contributed by atoms with Gasteiger partial charge < -0.3 is 14.6 Å². The number of hydrogen-bond donors (Lipinski definition) is 1. The molecule has 0 saturated carbocycles. The van der Waals surface area contributed by atoms with Crippen molar-refractivity contribution >= 4 is 35.7 Å². The highest BCUT2D eigenvalue weighted by molar-refractivity contribution is 5.85. The van der Waals surface area contributed by atoms with Crippen LogP contribution in [0.15, 0.2) is 83.9 Å². The molecule has 0 aliphatic carbocycles. The van der Waals surface area contributed by atoms with E-state index < -0.39 is 0 Å². The van der Waals surface area contributed by atoms with Crippen LogP contribution in [0.4, 0.5) is 0 Å². The molecule has 2 heterocycles. The van der Waals surface area contributed by atoms with E-state index in [9.17, 15) is 4.79 Å². The van der Waals surface area contributed by atoms with Crippen molar-refractivity contribution in [2.45, 2.75) is 38.6 Å². The highest BCUT2D eigenvalue weighted by Crippen LogP contribution is 2.21. The Morgan fingerprint density at radius 1 is 0.972 bits per heavy atom. The minimum atomic E-state index is -0.000512. The summed E-state index contributed by atoms with van der Waals surface area (Å²) in [4.78, 5) is 16.1. The summed E-state index contributed by atoms with van der Waals surface area (Å²) in [5, 5.41) is 4.75. The van der Waals surface area contributed by atoms with E-state index >= 15 is 0 Å². The molecular formula is C29H35Cl2N3O2. The predicted octanol–water partition coefficient (Wildman–Crippen LogP) is 6.21. The molecule has 36 heavy (non-hydrogen) atoms. The lowest BCUT2D eigenvalue weighted by atomic mass is 9.97. The van der Waals surface area contributed by atoms with Crippen LogP contribution in [0.5, 0.6) is 5.75 Å². The van der Waals surface area contributed by atoms with Crippen molar-refractivity contribution in [3.8, 4) is 5.75 Å². The number of aromatic nitrogens is 2. The van der Waals surface area contributed by atoms with Crippen molar-refractivity contribution in [3.63, 3.8) is 0 Å². The van der Waals surface area contributed by atoms with Gasteiger partial charge in [-0.25, -0.2) is 0 Å². The SMILES string of the molecule is Cc1ccccc1CC(NCCCCCOc1ccc2c(ccc(=O)n2C)c1)c1cccnc1.Cl.Cl. The van der Waals surface area contributed by atoms with E-state index in [2.05, 4.69) is 47.6 Å². The normalized spacial score (nSPS) is 11.4. The number of ether oxygens (including phenoxy) is 1. The predicted molar refractivity (Wildman–Crippen MR) is 153 cm³/mol. The fraction of sp³-hybridized carbons (Fsp3) is 0.310. The lowest BCUT2D eigenvalue weighted by Gasteiger charge is -2.20. The number of benzene rings is 2. The first kappa shape index (κ1) is 29.4. The van der Waals surface area contributed by atoms with Crippen LogP contribution in [0.1, 0.15) is 42.0 Å². The number of halogens is 2. The van der Waals surface area contributed by atoms with Gasteiger partial charge in [0.15, 0.2) is 0 Å². The van der Waals surface area contributed by atoms with Crippen molar-refractivity contribution in [3.05, 3.63) is 106 Å². The Bertz CT molecular complexity index is 1280. The molecule has 0 saturated heterocycles. The van der Waals surface area contributed by atoms with E-state index in [1.54, 1.807) is 17.7 Å². The molecule has 4 rings (SSSR count). The summed E-state index contributed by atoms with van der Waals surface area (Å²) in [5.74, 6) is 0.846. The van der Waals surface area contributed by atoms with E-state index in [4.69, 9.17) is 4.74 Å². The summed E-state index contributed by atoms with van der Waals surface area (Å²) in [6.45, 7) is 3.81. The average molecular weight is 529 g/mol. The van der Waals surface area contributed by atoms with Crippen LogP contribution in [0.3, 0.4) is 0 Å². The fourth-order valence-corrected chi connectivity index (χ4v) is 4.27. The van der Waals surface area contributed by atoms with Gasteiger partial charge in [-0.05, 0) is 86.2 Å². The molecular weight excluding hydrogens is 493 g/mol. The van der Waals surface area contributed by atoms with E-state index in [0.717, 1.165) is 48.9 Å². The lowest BCUT2D eigenvalue weighted by molar-refractivity contribution is 0.304. The molecule has 0 radical (unpaired) electrons. The first-order valence-corrected chi connectivity index (χ1v) is 12.0. The third-order valence-corrected chi connectivity index (χ3v) is 6.35. The molecule has 5 nitrogen and oxygen atoms in total.